The summed E-state index contributed by atoms with van der Waals surface area (Å²) in [5.41, 5.74) is 0.171. The average molecular weight is 397 g/mol. The summed E-state index contributed by atoms with van der Waals surface area (Å²) >= 11 is 0. The lowest BCUT2D eigenvalue weighted by atomic mass is 10.1. The Labute approximate surface area is 163 Å². The zero-order valence-corrected chi connectivity index (χ0v) is 17.8. The minimum Gasteiger partial charge on any atom is -0.384 e. The SMILES string of the molecule is CN=C(NCc1ccccc1S(=O)(=O)NC(C)(C)C)N1CCC(COC)C1. The molecule has 0 aliphatic carbocycles. The summed E-state index contributed by atoms with van der Waals surface area (Å²) in [5, 5.41) is 3.31. The van der Waals surface area contributed by atoms with E-state index in [4.69, 9.17) is 4.74 Å². The van der Waals surface area contributed by atoms with E-state index in [1.54, 1.807) is 26.3 Å². The maximum absolute atomic E-state index is 12.8. The first-order valence-electron chi connectivity index (χ1n) is 9.22. The van der Waals surface area contributed by atoms with Gasteiger partial charge in [0.05, 0.1) is 11.5 Å². The van der Waals surface area contributed by atoms with Crippen LogP contribution in [0, 0.1) is 5.92 Å². The highest BCUT2D eigenvalue weighted by Gasteiger charge is 2.26. The molecule has 1 saturated heterocycles. The van der Waals surface area contributed by atoms with Gasteiger partial charge in [0, 0.05) is 45.2 Å². The van der Waals surface area contributed by atoms with Crippen LogP contribution in [0.4, 0.5) is 0 Å². The third kappa shape index (κ3) is 6.19. The van der Waals surface area contributed by atoms with Gasteiger partial charge in [0.25, 0.3) is 0 Å². The van der Waals surface area contributed by atoms with Gasteiger partial charge in [-0.05, 0) is 38.8 Å². The molecule has 0 radical (unpaired) electrons. The zero-order valence-electron chi connectivity index (χ0n) is 16.9. The molecule has 152 valence electrons. The summed E-state index contributed by atoms with van der Waals surface area (Å²) in [5.74, 6) is 1.28. The molecule has 0 spiro atoms. The molecule has 1 unspecified atom stereocenters. The van der Waals surface area contributed by atoms with E-state index in [0.29, 0.717) is 22.9 Å². The van der Waals surface area contributed by atoms with E-state index in [2.05, 4.69) is 19.9 Å². The van der Waals surface area contributed by atoms with E-state index in [-0.39, 0.29) is 0 Å². The molecule has 2 rings (SSSR count). The Bertz CT molecular complexity index is 756. The van der Waals surface area contributed by atoms with Gasteiger partial charge in [0.15, 0.2) is 5.96 Å². The molecular weight excluding hydrogens is 364 g/mol. The number of aliphatic imine (C=N–C) groups is 1. The van der Waals surface area contributed by atoms with E-state index in [0.717, 1.165) is 32.1 Å². The first kappa shape index (κ1) is 21.7. The molecule has 8 heteroatoms. The molecular formula is C19H32N4O3S. The lowest BCUT2D eigenvalue weighted by Crippen LogP contribution is -2.42. The van der Waals surface area contributed by atoms with Gasteiger partial charge in [0.2, 0.25) is 10.0 Å². The van der Waals surface area contributed by atoms with Crippen LogP contribution in [0.25, 0.3) is 0 Å². The average Bonchev–Trinajstić information content (AvgIpc) is 3.02. The van der Waals surface area contributed by atoms with Gasteiger partial charge in [-0.1, -0.05) is 18.2 Å². The Balaban J connectivity index is 2.10. The second kappa shape index (κ2) is 9.03. The number of rotatable bonds is 6. The number of sulfonamides is 1. The van der Waals surface area contributed by atoms with Crippen molar-refractivity contribution in [2.45, 2.75) is 44.2 Å². The Kier molecular flexibility index (Phi) is 7.25. The summed E-state index contributed by atoms with van der Waals surface area (Å²) < 4.78 is 33.5. The van der Waals surface area contributed by atoms with Crippen molar-refractivity contribution < 1.29 is 13.2 Å². The molecule has 7 nitrogen and oxygen atoms in total. The van der Waals surface area contributed by atoms with Crippen molar-refractivity contribution in [2.24, 2.45) is 10.9 Å². The van der Waals surface area contributed by atoms with Crippen LogP contribution in [0.15, 0.2) is 34.2 Å². The number of likely N-dealkylation sites (tertiary alicyclic amines) is 1. The monoisotopic (exact) mass is 396 g/mol. The van der Waals surface area contributed by atoms with E-state index in [9.17, 15) is 8.42 Å². The fourth-order valence-corrected chi connectivity index (χ4v) is 4.93. The highest BCUT2D eigenvalue weighted by Crippen LogP contribution is 2.19. The van der Waals surface area contributed by atoms with Crippen molar-refractivity contribution in [1.82, 2.24) is 14.9 Å². The number of nitrogens with zero attached hydrogens (tertiary/aromatic N) is 2. The highest BCUT2D eigenvalue weighted by atomic mass is 32.2. The smallest absolute Gasteiger partial charge is 0.241 e. The molecule has 1 heterocycles. The molecule has 0 aromatic heterocycles. The second-order valence-electron chi connectivity index (χ2n) is 7.92. The maximum Gasteiger partial charge on any atom is 0.241 e. The molecule has 2 N–H and O–H groups in total. The summed E-state index contributed by atoms with van der Waals surface area (Å²) in [6.07, 6.45) is 1.06. The topological polar surface area (TPSA) is 83.0 Å². The Morgan fingerprint density at radius 3 is 2.67 bits per heavy atom. The van der Waals surface area contributed by atoms with E-state index < -0.39 is 15.6 Å². The summed E-state index contributed by atoms with van der Waals surface area (Å²) in [6, 6.07) is 7.05. The lowest BCUT2D eigenvalue weighted by Gasteiger charge is -2.23. The molecule has 0 bridgehead atoms. The fourth-order valence-electron chi connectivity index (χ4n) is 3.27. The van der Waals surface area contributed by atoms with Gasteiger partial charge in [-0.2, -0.15) is 0 Å². The van der Waals surface area contributed by atoms with Crippen LogP contribution in [0.2, 0.25) is 0 Å². The van der Waals surface area contributed by atoms with Crippen molar-refractivity contribution in [3.05, 3.63) is 29.8 Å². The molecule has 1 aromatic rings. The summed E-state index contributed by atoms with van der Waals surface area (Å²) in [6.45, 7) is 8.43. The first-order valence-corrected chi connectivity index (χ1v) is 10.7. The van der Waals surface area contributed by atoms with Crippen molar-refractivity contribution in [3.8, 4) is 0 Å². The third-order valence-corrected chi connectivity index (χ3v) is 6.20. The largest absolute Gasteiger partial charge is 0.384 e. The Morgan fingerprint density at radius 2 is 2.04 bits per heavy atom. The van der Waals surface area contributed by atoms with Gasteiger partial charge in [0.1, 0.15) is 0 Å². The number of benzene rings is 1. The molecule has 27 heavy (non-hydrogen) atoms. The maximum atomic E-state index is 12.8. The number of nitrogens with one attached hydrogen (secondary N) is 2. The van der Waals surface area contributed by atoms with Crippen molar-refractivity contribution in [2.75, 3.05) is 33.9 Å². The molecule has 0 amide bonds. The van der Waals surface area contributed by atoms with Crippen molar-refractivity contribution >= 4 is 16.0 Å². The Morgan fingerprint density at radius 1 is 1.33 bits per heavy atom. The van der Waals surface area contributed by atoms with Crippen molar-refractivity contribution in [3.63, 3.8) is 0 Å². The molecule has 1 aromatic carbocycles. The molecule has 1 fully saturated rings. The summed E-state index contributed by atoms with van der Waals surface area (Å²) in [7, 11) is -0.132. The first-order chi connectivity index (χ1) is 12.7. The number of hydrogen-bond donors (Lipinski definition) is 2. The van der Waals surface area contributed by atoms with Crippen LogP contribution >= 0.6 is 0 Å². The van der Waals surface area contributed by atoms with Crippen LogP contribution in [-0.4, -0.2) is 58.7 Å². The standard InChI is InChI=1S/C19H32N4O3S/c1-19(2,3)22-27(24,25)17-9-7-6-8-16(17)12-21-18(20-4)23-11-10-15(13-23)14-26-5/h6-9,15,22H,10-14H2,1-5H3,(H,20,21). The highest BCUT2D eigenvalue weighted by molar-refractivity contribution is 7.89. The van der Waals surface area contributed by atoms with E-state index in [1.165, 1.54) is 0 Å². The number of methoxy groups -OCH3 is 1. The normalized spacial score (nSPS) is 18.8. The number of guanidine groups is 1. The fraction of sp³-hybridized carbons (Fsp3) is 0.632. The minimum absolute atomic E-state index is 0.293. The molecule has 1 atom stereocenters. The van der Waals surface area contributed by atoms with Gasteiger partial charge in [-0.3, -0.25) is 4.99 Å². The van der Waals surface area contributed by atoms with Gasteiger partial charge in [-0.25, -0.2) is 13.1 Å². The second-order valence-corrected chi connectivity index (χ2v) is 9.57. The zero-order chi connectivity index (χ0) is 20.1. The van der Waals surface area contributed by atoms with Gasteiger partial charge in [-0.15, -0.1) is 0 Å². The van der Waals surface area contributed by atoms with Crippen LogP contribution in [-0.2, 0) is 21.3 Å². The number of ether oxygens (including phenoxy) is 1. The van der Waals surface area contributed by atoms with Crippen LogP contribution < -0.4 is 10.0 Å². The summed E-state index contributed by atoms with van der Waals surface area (Å²) in [4.78, 5) is 6.84. The molecule has 1 aliphatic rings. The van der Waals surface area contributed by atoms with Gasteiger partial charge >= 0.3 is 0 Å². The van der Waals surface area contributed by atoms with Gasteiger partial charge < -0.3 is 15.0 Å². The Hall–Kier alpha value is -1.64. The van der Waals surface area contributed by atoms with Crippen LogP contribution in [0.5, 0.6) is 0 Å². The lowest BCUT2D eigenvalue weighted by molar-refractivity contribution is 0.157. The number of hydrogen-bond acceptors (Lipinski definition) is 4. The predicted octanol–water partition coefficient (Wildman–Crippen LogP) is 1.81. The molecule has 0 saturated carbocycles. The van der Waals surface area contributed by atoms with E-state index in [1.807, 2.05) is 32.9 Å². The van der Waals surface area contributed by atoms with E-state index >= 15 is 0 Å². The van der Waals surface area contributed by atoms with Crippen LogP contribution in [0.3, 0.4) is 0 Å². The third-order valence-electron chi connectivity index (χ3n) is 4.34. The van der Waals surface area contributed by atoms with Crippen LogP contribution in [0.1, 0.15) is 32.8 Å². The quantitative estimate of drug-likeness (QED) is 0.566. The molecule has 1 aliphatic heterocycles. The predicted molar refractivity (Wildman–Crippen MR) is 108 cm³/mol. The van der Waals surface area contributed by atoms with Crippen molar-refractivity contribution in [1.29, 1.82) is 0 Å². The minimum atomic E-state index is -3.60.